The molecule has 1 aliphatic heterocycles. The lowest BCUT2D eigenvalue weighted by Crippen LogP contribution is -2.41. The molecule has 0 aliphatic carbocycles. The second kappa shape index (κ2) is 7.75. The minimum Gasteiger partial charge on any atom is -0.449 e. The number of halogens is 1. The highest BCUT2D eigenvalue weighted by atomic mass is 35.5. The van der Waals surface area contributed by atoms with Gasteiger partial charge in [0.05, 0.1) is 4.92 Å². The number of nitrogens with zero attached hydrogens (tertiary/aromatic N) is 2. The van der Waals surface area contributed by atoms with Crippen LogP contribution < -0.4 is 5.32 Å². The summed E-state index contributed by atoms with van der Waals surface area (Å²) in [5.41, 5.74) is 0.0757. The molecular weight excluding hydrogens is 354 g/mol. The predicted octanol–water partition coefficient (Wildman–Crippen LogP) is 1.74. The van der Waals surface area contributed by atoms with Crippen LogP contribution in [0.5, 0.6) is 0 Å². The van der Waals surface area contributed by atoms with E-state index in [-0.39, 0.29) is 17.3 Å². The lowest BCUT2D eigenvalue weighted by atomic mass is 10.2. The van der Waals surface area contributed by atoms with Gasteiger partial charge in [0.2, 0.25) is 0 Å². The number of urea groups is 1. The van der Waals surface area contributed by atoms with Crippen LogP contribution >= 0.6 is 11.6 Å². The average Bonchev–Trinajstić information content (AvgIpc) is 2.99. The predicted molar refractivity (Wildman–Crippen MR) is 87.8 cm³/mol. The summed E-state index contributed by atoms with van der Waals surface area (Å²) in [4.78, 5) is 46.3. The lowest BCUT2D eigenvalue weighted by Gasteiger charge is -2.17. The van der Waals surface area contributed by atoms with E-state index in [2.05, 4.69) is 5.32 Å². The summed E-state index contributed by atoms with van der Waals surface area (Å²) in [5.74, 6) is -1.45. The molecule has 1 unspecified atom stereocenters. The minimum absolute atomic E-state index is 0.0205. The molecule has 132 valence electrons. The smallest absolute Gasteiger partial charge is 0.331 e. The number of ether oxygens (including phenoxy) is 1. The Morgan fingerprint density at radius 3 is 2.80 bits per heavy atom. The molecule has 2 rings (SSSR count). The highest BCUT2D eigenvalue weighted by Gasteiger charge is 2.31. The van der Waals surface area contributed by atoms with Gasteiger partial charge in [-0.25, -0.2) is 9.59 Å². The second-order valence-electron chi connectivity index (χ2n) is 5.10. The molecule has 1 heterocycles. The molecule has 1 N–H and O–H groups in total. The fourth-order valence-corrected chi connectivity index (χ4v) is 2.29. The molecule has 25 heavy (non-hydrogen) atoms. The number of rotatable bonds is 5. The normalized spacial score (nSPS) is 15.1. The van der Waals surface area contributed by atoms with Crippen LogP contribution in [-0.2, 0) is 14.3 Å². The zero-order chi connectivity index (χ0) is 18.6. The third kappa shape index (κ3) is 4.54. The fourth-order valence-electron chi connectivity index (χ4n) is 2.10. The highest BCUT2D eigenvalue weighted by Crippen LogP contribution is 2.25. The first-order valence-corrected chi connectivity index (χ1v) is 7.59. The SMILES string of the molecule is CC(OC(=O)/C=C/c1ccc(Cl)c([N+](=O)[O-])c1)C(=O)N1CCNC1=O. The number of nitro benzene ring substituents is 1. The topological polar surface area (TPSA) is 119 Å². The summed E-state index contributed by atoms with van der Waals surface area (Å²) in [7, 11) is 0. The van der Waals surface area contributed by atoms with Gasteiger partial charge in [0, 0.05) is 25.2 Å². The van der Waals surface area contributed by atoms with Gasteiger partial charge in [0.15, 0.2) is 6.10 Å². The fraction of sp³-hybridized carbons (Fsp3) is 0.267. The largest absolute Gasteiger partial charge is 0.449 e. The molecule has 0 saturated carbocycles. The van der Waals surface area contributed by atoms with Crippen molar-refractivity contribution in [1.82, 2.24) is 10.2 Å². The zero-order valence-electron chi connectivity index (χ0n) is 13.1. The highest BCUT2D eigenvalue weighted by molar-refractivity contribution is 6.32. The van der Waals surface area contributed by atoms with Gasteiger partial charge in [0.1, 0.15) is 5.02 Å². The van der Waals surface area contributed by atoms with Crippen molar-refractivity contribution in [2.24, 2.45) is 0 Å². The first kappa shape index (κ1) is 18.4. The quantitative estimate of drug-likeness (QED) is 0.366. The van der Waals surface area contributed by atoms with Crippen molar-refractivity contribution < 1.29 is 24.0 Å². The molecule has 1 fully saturated rings. The molecular formula is C15H14ClN3O6. The minimum atomic E-state index is -1.14. The van der Waals surface area contributed by atoms with Gasteiger partial charge in [-0.2, -0.15) is 0 Å². The van der Waals surface area contributed by atoms with Gasteiger partial charge >= 0.3 is 12.0 Å². The summed E-state index contributed by atoms with van der Waals surface area (Å²) in [5, 5.41) is 13.3. The van der Waals surface area contributed by atoms with E-state index in [0.717, 1.165) is 11.0 Å². The lowest BCUT2D eigenvalue weighted by molar-refractivity contribution is -0.384. The molecule has 1 aliphatic rings. The molecule has 0 radical (unpaired) electrons. The molecule has 9 nitrogen and oxygen atoms in total. The monoisotopic (exact) mass is 367 g/mol. The maximum absolute atomic E-state index is 12.0. The van der Waals surface area contributed by atoms with Crippen molar-refractivity contribution in [3.05, 3.63) is 45.0 Å². The van der Waals surface area contributed by atoms with Crippen LogP contribution in [0, 0.1) is 10.1 Å². The van der Waals surface area contributed by atoms with E-state index in [9.17, 15) is 24.5 Å². The third-order valence-electron chi connectivity index (χ3n) is 3.34. The summed E-state index contributed by atoms with van der Waals surface area (Å²) >= 11 is 5.70. The van der Waals surface area contributed by atoms with Crippen LogP contribution in [-0.4, -0.2) is 46.9 Å². The van der Waals surface area contributed by atoms with Gasteiger partial charge in [-0.15, -0.1) is 0 Å². The van der Waals surface area contributed by atoms with E-state index in [1.165, 1.54) is 31.2 Å². The van der Waals surface area contributed by atoms with E-state index in [1.54, 1.807) is 0 Å². The van der Waals surface area contributed by atoms with E-state index < -0.39 is 28.9 Å². The van der Waals surface area contributed by atoms with Crippen LogP contribution in [0.15, 0.2) is 24.3 Å². The Kier molecular flexibility index (Phi) is 5.71. The number of carbonyl (C=O) groups is 3. The van der Waals surface area contributed by atoms with E-state index in [1.807, 2.05) is 0 Å². The maximum Gasteiger partial charge on any atom is 0.331 e. The Morgan fingerprint density at radius 1 is 1.48 bits per heavy atom. The van der Waals surface area contributed by atoms with Gasteiger partial charge in [-0.3, -0.25) is 19.8 Å². The average molecular weight is 368 g/mol. The first-order valence-electron chi connectivity index (χ1n) is 7.21. The van der Waals surface area contributed by atoms with Crippen LogP contribution in [0.25, 0.3) is 6.08 Å². The van der Waals surface area contributed by atoms with Gasteiger partial charge < -0.3 is 10.1 Å². The van der Waals surface area contributed by atoms with E-state index >= 15 is 0 Å². The van der Waals surface area contributed by atoms with Crippen LogP contribution in [0.4, 0.5) is 10.5 Å². The first-order chi connectivity index (χ1) is 11.8. The number of nitro groups is 1. The van der Waals surface area contributed by atoms with Crippen molar-refractivity contribution >= 4 is 41.3 Å². The summed E-state index contributed by atoms with van der Waals surface area (Å²) < 4.78 is 4.94. The Bertz CT molecular complexity index is 764. The number of esters is 1. The summed E-state index contributed by atoms with van der Waals surface area (Å²) in [6.45, 7) is 1.91. The molecule has 1 aromatic carbocycles. The number of imide groups is 1. The standard InChI is InChI=1S/C15H14ClN3O6/c1-9(14(21)18-7-6-17-15(18)22)25-13(20)5-3-10-2-4-11(16)12(8-10)19(23)24/h2-5,8-9H,6-7H2,1H3,(H,17,22)/b5-3+. The third-order valence-corrected chi connectivity index (χ3v) is 3.66. The number of hydrogen-bond donors (Lipinski definition) is 1. The zero-order valence-corrected chi connectivity index (χ0v) is 13.9. The molecule has 3 amide bonds. The summed E-state index contributed by atoms with van der Waals surface area (Å²) in [6.07, 6.45) is 1.19. The van der Waals surface area contributed by atoms with Gasteiger partial charge in [0.25, 0.3) is 11.6 Å². The maximum atomic E-state index is 12.0. The van der Waals surface area contributed by atoms with Crippen molar-refractivity contribution in [3.63, 3.8) is 0 Å². The summed E-state index contributed by atoms with van der Waals surface area (Å²) in [6, 6.07) is 3.50. The molecule has 10 heteroatoms. The Hall–Kier alpha value is -2.94. The molecule has 1 atom stereocenters. The molecule has 1 saturated heterocycles. The number of carbonyl (C=O) groups excluding carboxylic acids is 3. The van der Waals surface area contributed by atoms with Gasteiger partial charge in [-0.05, 0) is 24.6 Å². The van der Waals surface area contributed by atoms with E-state index in [4.69, 9.17) is 16.3 Å². The van der Waals surface area contributed by atoms with Crippen LogP contribution in [0.3, 0.4) is 0 Å². The second-order valence-corrected chi connectivity index (χ2v) is 5.51. The molecule has 0 bridgehead atoms. The van der Waals surface area contributed by atoms with Crippen molar-refractivity contribution in [2.45, 2.75) is 13.0 Å². The van der Waals surface area contributed by atoms with Crippen molar-refractivity contribution in [3.8, 4) is 0 Å². The Morgan fingerprint density at radius 2 is 2.20 bits per heavy atom. The number of nitrogens with one attached hydrogen (secondary N) is 1. The van der Waals surface area contributed by atoms with Crippen molar-refractivity contribution in [1.29, 1.82) is 0 Å². The van der Waals surface area contributed by atoms with Gasteiger partial charge in [-0.1, -0.05) is 17.7 Å². The number of benzene rings is 1. The Labute approximate surface area is 147 Å². The number of hydrogen-bond acceptors (Lipinski definition) is 6. The van der Waals surface area contributed by atoms with Crippen molar-refractivity contribution in [2.75, 3.05) is 13.1 Å². The molecule has 0 spiro atoms. The van der Waals surface area contributed by atoms with E-state index in [0.29, 0.717) is 12.1 Å². The Balaban J connectivity index is 1.98. The van der Waals surface area contributed by atoms with Crippen LogP contribution in [0.1, 0.15) is 12.5 Å². The number of amides is 3. The molecule has 1 aromatic rings. The van der Waals surface area contributed by atoms with Crippen LogP contribution in [0.2, 0.25) is 5.02 Å². The molecule has 0 aromatic heterocycles.